The van der Waals surface area contributed by atoms with Gasteiger partial charge in [-0.15, -0.1) is 0 Å². The van der Waals surface area contributed by atoms with Crippen LogP contribution in [0.4, 0.5) is 0 Å². The smallest absolute Gasteiger partial charge is 0.254 e. The van der Waals surface area contributed by atoms with Crippen LogP contribution in [0.3, 0.4) is 0 Å². The van der Waals surface area contributed by atoms with E-state index in [9.17, 15) is 4.79 Å². The third-order valence-corrected chi connectivity index (χ3v) is 4.74. The Morgan fingerprint density at radius 1 is 1.35 bits per heavy atom. The number of likely N-dealkylation sites (tertiary alicyclic amines) is 1. The first-order valence-electron chi connectivity index (χ1n) is 8.24. The molecule has 0 bridgehead atoms. The van der Waals surface area contributed by atoms with Gasteiger partial charge in [0.05, 0.1) is 6.33 Å². The molecular weight excluding hydrogens is 288 g/mol. The summed E-state index contributed by atoms with van der Waals surface area (Å²) in [4.78, 5) is 18.8. The highest BCUT2D eigenvalue weighted by molar-refractivity contribution is 5.94. The summed E-state index contributed by atoms with van der Waals surface area (Å²) in [5.41, 5.74) is 7.79. The lowest BCUT2D eigenvalue weighted by molar-refractivity contribution is 0.0532. The lowest BCUT2D eigenvalue weighted by Gasteiger charge is -2.39. The Morgan fingerprint density at radius 2 is 2.13 bits per heavy atom. The summed E-state index contributed by atoms with van der Waals surface area (Å²) in [6.45, 7) is 4.29. The zero-order valence-corrected chi connectivity index (χ0v) is 13.6. The Morgan fingerprint density at radius 3 is 2.78 bits per heavy atom. The van der Waals surface area contributed by atoms with Gasteiger partial charge in [-0.2, -0.15) is 0 Å². The first kappa shape index (κ1) is 15.7. The van der Waals surface area contributed by atoms with Crippen molar-refractivity contribution < 1.29 is 4.79 Å². The molecule has 2 aromatic rings. The highest BCUT2D eigenvalue weighted by atomic mass is 16.2. The zero-order valence-electron chi connectivity index (χ0n) is 13.6. The number of aromatic nitrogens is 2. The molecule has 1 aromatic carbocycles. The fraction of sp³-hybridized carbons (Fsp3) is 0.444. The molecule has 5 nitrogen and oxygen atoms in total. The maximum absolute atomic E-state index is 12.8. The number of piperidine rings is 1. The van der Waals surface area contributed by atoms with Crippen molar-refractivity contribution in [2.45, 2.75) is 32.4 Å². The van der Waals surface area contributed by atoms with Crippen LogP contribution in [-0.4, -0.2) is 39.5 Å². The summed E-state index contributed by atoms with van der Waals surface area (Å²) in [5.74, 6) is 0.569. The second-order valence-corrected chi connectivity index (χ2v) is 6.35. The quantitative estimate of drug-likeness (QED) is 0.940. The molecule has 1 aromatic heterocycles. The number of hydrogen-bond acceptors (Lipinski definition) is 3. The van der Waals surface area contributed by atoms with Crippen molar-refractivity contribution in [3.05, 3.63) is 54.1 Å². The van der Waals surface area contributed by atoms with Crippen LogP contribution in [0.2, 0.25) is 0 Å². The van der Waals surface area contributed by atoms with Crippen LogP contribution < -0.4 is 5.73 Å². The molecular formula is C18H24N4O. The van der Waals surface area contributed by atoms with Crippen LogP contribution in [0, 0.1) is 5.92 Å². The molecule has 5 heteroatoms. The number of rotatable bonds is 4. The normalized spacial score (nSPS) is 21.4. The Kier molecular flexibility index (Phi) is 4.76. The summed E-state index contributed by atoms with van der Waals surface area (Å²) >= 11 is 0. The molecule has 2 heterocycles. The number of benzene rings is 1. The molecule has 3 rings (SSSR count). The second kappa shape index (κ2) is 6.96. The lowest BCUT2D eigenvalue weighted by atomic mass is 9.90. The van der Waals surface area contributed by atoms with E-state index in [0.29, 0.717) is 12.5 Å². The molecule has 0 radical (unpaired) electrons. The van der Waals surface area contributed by atoms with Crippen LogP contribution in [0.5, 0.6) is 0 Å². The molecule has 1 amide bonds. The van der Waals surface area contributed by atoms with Crippen LogP contribution in [0.25, 0.3) is 0 Å². The molecule has 0 aliphatic carbocycles. The van der Waals surface area contributed by atoms with Crippen molar-refractivity contribution in [2.24, 2.45) is 11.7 Å². The topological polar surface area (TPSA) is 64.2 Å². The Balaban J connectivity index is 1.72. The lowest BCUT2D eigenvalue weighted by Crippen LogP contribution is -2.51. The average molecular weight is 312 g/mol. The molecule has 1 aliphatic rings. The minimum atomic E-state index is 0.0983. The SMILES string of the molecule is C[C@@H]1CCCN(C(=O)c2ccc(Cn3ccnc3)cc2)[C@H]1CN. The minimum Gasteiger partial charge on any atom is -0.334 e. The molecule has 2 N–H and O–H groups in total. The number of nitrogens with two attached hydrogens (primary N) is 1. The highest BCUT2D eigenvalue weighted by Crippen LogP contribution is 2.24. The molecule has 0 spiro atoms. The first-order valence-corrected chi connectivity index (χ1v) is 8.24. The van der Waals surface area contributed by atoms with Gasteiger partial charge in [0.25, 0.3) is 5.91 Å². The molecule has 23 heavy (non-hydrogen) atoms. The fourth-order valence-corrected chi connectivity index (χ4v) is 3.37. The van der Waals surface area contributed by atoms with Gasteiger partial charge in [0.15, 0.2) is 0 Å². The Hall–Kier alpha value is -2.14. The van der Waals surface area contributed by atoms with Gasteiger partial charge in [0.1, 0.15) is 0 Å². The van der Waals surface area contributed by atoms with Gasteiger partial charge in [0.2, 0.25) is 0 Å². The number of amides is 1. The number of carbonyl (C=O) groups excluding carboxylic acids is 1. The second-order valence-electron chi connectivity index (χ2n) is 6.35. The average Bonchev–Trinajstić information content (AvgIpc) is 3.07. The van der Waals surface area contributed by atoms with Crippen LogP contribution in [0.15, 0.2) is 43.0 Å². The van der Waals surface area contributed by atoms with Crippen molar-refractivity contribution in [3.63, 3.8) is 0 Å². The van der Waals surface area contributed by atoms with E-state index in [1.54, 1.807) is 12.5 Å². The summed E-state index contributed by atoms with van der Waals surface area (Å²) < 4.78 is 2.01. The van der Waals surface area contributed by atoms with Gasteiger partial charge in [-0.05, 0) is 36.5 Å². The molecule has 0 unspecified atom stereocenters. The van der Waals surface area contributed by atoms with Crippen molar-refractivity contribution in [1.29, 1.82) is 0 Å². The largest absolute Gasteiger partial charge is 0.334 e. The van der Waals surface area contributed by atoms with E-state index in [1.807, 2.05) is 39.9 Å². The van der Waals surface area contributed by atoms with Gasteiger partial charge >= 0.3 is 0 Å². The minimum absolute atomic E-state index is 0.0983. The van der Waals surface area contributed by atoms with E-state index in [4.69, 9.17) is 5.73 Å². The molecule has 2 atom stereocenters. The molecule has 0 saturated carbocycles. The van der Waals surface area contributed by atoms with E-state index < -0.39 is 0 Å². The van der Waals surface area contributed by atoms with Crippen molar-refractivity contribution >= 4 is 5.91 Å². The monoisotopic (exact) mass is 312 g/mol. The molecule has 1 saturated heterocycles. The predicted octanol–water partition coefficient (Wildman–Crippen LogP) is 2.13. The van der Waals surface area contributed by atoms with Crippen LogP contribution >= 0.6 is 0 Å². The Labute approximate surface area is 137 Å². The van der Waals surface area contributed by atoms with Gasteiger partial charge in [-0.3, -0.25) is 4.79 Å². The fourth-order valence-electron chi connectivity index (χ4n) is 3.37. The van der Waals surface area contributed by atoms with Crippen molar-refractivity contribution in [1.82, 2.24) is 14.5 Å². The zero-order chi connectivity index (χ0) is 16.2. The summed E-state index contributed by atoms with van der Waals surface area (Å²) in [6.07, 6.45) is 7.69. The molecule has 1 aliphatic heterocycles. The Bertz CT molecular complexity index is 636. The summed E-state index contributed by atoms with van der Waals surface area (Å²) in [7, 11) is 0. The number of carbonyl (C=O) groups is 1. The maximum Gasteiger partial charge on any atom is 0.254 e. The standard InChI is InChI=1S/C18H24N4O/c1-14-3-2-9-22(17(14)11-19)18(23)16-6-4-15(5-7-16)12-21-10-8-20-13-21/h4-8,10,13-14,17H,2-3,9,11-12,19H2,1H3/t14-,17+/m1/s1. The van der Waals surface area contributed by atoms with E-state index in [0.717, 1.165) is 37.1 Å². The van der Waals surface area contributed by atoms with E-state index in [1.165, 1.54) is 0 Å². The molecule has 122 valence electrons. The van der Waals surface area contributed by atoms with Crippen LogP contribution in [-0.2, 0) is 6.54 Å². The summed E-state index contributed by atoms with van der Waals surface area (Å²) in [5, 5.41) is 0. The first-order chi connectivity index (χ1) is 11.2. The highest BCUT2D eigenvalue weighted by Gasteiger charge is 2.31. The number of nitrogens with zero attached hydrogens (tertiary/aromatic N) is 3. The van der Waals surface area contributed by atoms with E-state index >= 15 is 0 Å². The van der Waals surface area contributed by atoms with Crippen molar-refractivity contribution in [3.8, 4) is 0 Å². The number of imidazole rings is 1. The van der Waals surface area contributed by atoms with Crippen LogP contribution in [0.1, 0.15) is 35.7 Å². The van der Waals surface area contributed by atoms with Gasteiger partial charge < -0.3 is 15.2 Å². The number of hydrogen-bond donors (Lipinski definition) is 1. The van der Waals surface area contributed by atoms with Gasteiger partial charge in [0, 0.05) is 43.6 Å². The van der Waals surface area contributed by atoms with E-state index in [-0.39, 0.29) is 11.9 Å². The molecule has 1 fully saturated rings. The van der Waals surface area contributed by atoms with Gasteiger partial charge in [-0.25, -0.2) is 4.98 Å². The van der Waals surface area contributed by atoms with Gasteiger partial charge in [-0.1, -0.05) is 19.1 Å². The third kappa shape index (κ3) is 3.45. The summed E-state index contributed by atoms with van der Waals surface area (Å²) in [6, 6.07) is 8.01. The third-order valence-electron chi connectivity index (χ3n) is 4.74. The maximum atomic E-state index is 12.8. The predicted molar refractivity (Wildman–Crippen MR) is 90.0 cm³/mol. The van der Waals surface area contributed by atoms with Crippen molar-refractivity contribution in [2.75, 3.05) is 13.1 Å². The van der Waals surface area contributed by atoms with E-state index in [2.05, 4.69) is 11.9 Å².